The molecule has 0 aromatic carbocycles. The lowest BCUT2D eigenvalue weighted by atomic mass is 10.0. The van der Waals surface area contributed by atoms with Crippen LogP contribution < -0.4 is 4.90 Å². The summed E-state index contributed by atoms with van der Waals surface area (Å²) < 4.78 is 1.84. The SMILES string of the molecule is Cc1nn(C)cc1CN(C)Cc1nc(C)c2c(n1)N(CCC(C)C)C(=O)CC2. The lowest BCUT2D eigenvalue weighted by Gasteiger charge is -2.30. The number of amides is 1. The number of fused-ring (bicyclic) bond motifs is 1. The number of rotatable bonds is 7. The largest absolute Gasteiger partial charge is 0.296 e. The van der Waals surface area contributed by atoms with E-state index in [1.807, 2.05) is 30.5 Å². The Morgan fingerprint density at radius 3 is 2.54 bits per heavy atom. The van der Waals surface area contributed by atoms with Crippen molar-refractivity contribution in [3.63, 3.8) is 0 Å². The fraction of sp³-hybridized carbons (Fsp3) is 0.619. The quantitative estimate of drug-likeness (QED) is 0.734. The van der Waals surface area contributed by atoms with Gasteiger partial charge < -0.3 is 0 Å². The lowest BCUT2D eigenvalue weighted by Crippen LogP contribution is -2.38. The first-order valence-corrected chi connectivity index (χ1v) is 10.1. The van der Waals surface area contributed by atoms with E-state index in [1.54, 1.807) is 0 Å². The summed E-state index contributed by atoms with van der Waals surface area (Å²) >= 11 is 0. The summed E-state index contributed by atoms with van der Waals surface area (Å²) in [6.07, 6.45) is 4.32. The molecule has 3 heterocycles. The number of hydrogen-bond donors (Lipinski definition) is 0. The molecule has 0 saturated carbocycles. The molecule has 1 aliphatic rings. The van der Waals surface area contributed by atoms with Crippen molar-refractivity contribution < 1.29 is 4.79 Å². The van der Waals surface area contributed by atoms with Gasteiger partial charge in [0.2, 0.25) is 5.91 Å². The van der Waals surface area contributed by atoms with Crippen LogP contribution in [0.4, 0.5) is 5.82 Å². The molecule has 0 unspecified atom stereocenters. The highest BCUT2D eigenvalue weighted by atomic mass is 16.2. The molecule has 7 heteroatoms. The van der Waals surface area contributed by atoms with Crippen molar-refractivity contribution >= 4 is 11.7 Å². The van der Waals surface area contributed by atoms with Crippen LogP contribution in [0.15, 0.2) is 6.20 Å². The Balaban J connectivity index is 1.80. The molecular weight excluding hydrogens is 352 g/mol. The van der Waals surface area contributed by atoms with Crippen LogP contribution in [0.25, 0.3) is 0 Å². The normalized spacial score (nSPS) is 14.3. The minimum absolute atomic E-state index is 0.177. The molecule has 0 aliphatic carbocycles. The molecule has 0 atom stereocenters. The maximum atomic E-state index is 12.5. The van der Waals surface area contributed by atoms with Gasteiger partial charge in [-0.3, -0.25) is 19.3 Å². The summed E-state index contributed by atoms with van der Waals surface area (Å²) in [6.45, 7) is 10.6. The average molecular weight is 385 g/mol. The molecule has 1 aliphatic heterocycles. The van der Waals surface area contributed by atoms with E-state index >= 15 is 0 Å². The topological polar surface area (TPSA) is 67.2 Å². The summed E-state index contributed by atoms with van der Waals surface area (Å²) in [5.74, 6) is 2.32. The third-order valence-electron chi connectivity index (χ3n) is 5.28. The molecule has 0 spiro atoms. The Labute approximate surface area is 167 Å². The van der Waals surface area contributed by atoms with Gasteiger partial charge in [0.1, 0.15) is 11.6 Å². The number of aryl methyl sites for hydroxylation is 3. The average Bonchev–Trinajstić information content (AvgIpc) is 2.90. The monoisotopic (exact) mass is 384 g/mol. The number of hydrogen-bond acceptors (Lipinski definition) is 5. The fourth-order valence-corrected chi connectivity index (χ4v) is 3.72. The molecule has 0 N–H and O–H groups in total. The second-order valence-electron chi connectivity index (χ2n) is 8.34. The lowest BCUT2D eigenvalue weighted by molar-refractivity contribution is -0.119. The Morgan fingerprint density at radius 2 is 1.89 bits per heavy atom. The highest BCUT2D eigenvalue weighted by molar-refractivity contribution is 5.95. The molecule has 0 bridgehead atoms. The van der Waals surface area contributed by atoms with Gasteiger partial charge >= 0.3 is 0 Å². The van der Waals surface area contributed by atoms with E-state index in [0.29, 0.717) is 18.9 Å². The summed E-state index contributed by atoms with van der Waals surface area (Å²) in [5.41, 5.74) is 4.36. The van der Waals surface area contributed by atoms with E-state index < -0.39 is 0 Å². The van der Waals surface area contributed by atoms with Gasteiger partial charge in [-0.15, -0.1) is 0 Å². The first kappa shape index (κ1) is 20.5. The first-order valence-electron chi connectivity index (χ1n) is 10.1. The number of aromatic nitrogens is 4. The Kier molecular flexibility index (Phi) is 6.13. The molecule has 1 amide bonds. The van der Waals surface area contributed by atoms with Crippen molar-refractivity contribution in [3.05, 3.63) is 34.5 Å². The van der Waals surface area contributed by atoms with Crippen molar-refractivity contribution in [2.24, 2.45) is 13.0 Å². The van der Waals surface area contributed by atoms with Crippen molar-refractivity contribution in [1.29, 1.82) is 0 Å². The van der Waals surface area contributed by atoms with Gasteiger partial charge in [0.05, 0.1) is 12.2 Å². The molecule has 2 aromatic rings. The molecule has 7 nitrogen and oxygen atoms in total. The van der Waals surface area contributed by atoms with Crippen LogP contribution >= 0.6 is 0 Å². The van der Waals surface area contributed by atoms with Crippen LogP contribution in [-0.2, 0) is 31.4 Å². The van der Waals surface area contributed by atoms with Crippen LogP contribution in [0, 0.1) is 19.8 Å². The third kappa shape index (κ3) is 4.58. The van der Waals surface area contributed by atoms with E-state index in [4.69, 9.17) is 9.97 Å². The predicted molar refractivity (Wildman–Crippen MR) is 110 cm³/mol. The van der Waals surface area contributed by atoms with Crippen LogP contribution in [-0.4, -0.2) is 44.1 Å². The molecular formula is C21H32N6O. The molecule has 2 aromatic heterocycles. The zero-order valence-electron chi connectivity index (χ0n) is 18.0. The second kappa shape index (κ2) is 8.39. The van der Waals surface area contributed by atoms with Crippen molar-refractivity contribution in [2.75, 3.05) is 18.5 Å². The van der Waals surface area contributed by atoms with Crippen LogP contribution in [0.3, 0.4) is 0 Å². The molecule has 152 valence electrons. The highest BCUT2D eigenvalue weighted by Gasteiger charge is 2.28. The van der Waals surface area contributed by atoms with E-state index in [2.05, 4.69) is 37.1 Å². The first-order chi connectivity index (χ1) is 13.2. The summed E-state index contributed by atoms with van der Waals surface area (Å²) in [4.78, 5) is 26.2. The Bertz CT molecular complexity index is 857. The number of carbonyl (C=O) groups excluding carboxylic acids is 1. The summed E-state index contributed by atoms with van der Waals surface area (Å²) in [5, 5.41) is 4.41. The Morgan fingerprint density at radius 1 is 1.14 bits per heavy atom. The molecule has 0 radical (unpaired) electrons. The second-order valence-corrected chi connectivity index (χ2v) is 8.34. The van der Waals surface area contributed by atoms with E-state index in [1.165, 1.54) is 5.56 Å². The van der Waals surface area contributed by atoms with Gasteiger partial charge in [0.25, 0.3) is 0 Å². The molecule has 0 fully saturated rings. The molecule has 0 saturated heterocycles. The fourth-order valence-electron chi connectivity index (χ4n) is 3.72. The van der Waals surface area contributed by atoms with Gasteiger partial charge in [-0.25, -0.2) is 9.97 Å². The van der Waals surface area contributed by atoms with E-state index in [9.17, 15) is 4.79 Å². The number of carbonyl (C=O) groups is 1. The smallest absolute Gasteiger partial charge is 0.228 e. The standard InChI is InChI=1S/C21H32N6O/c1-14(2)9-10-27-20(28)8-7-18-16(4)22-19(23-21(18)27)13-25(5)11-17-12-26(6)24-15(17)3/h12,14H,7-11,13H2,1-6H3. The van der Waals surface area contributed by atoms with Gasteiger partial charge in [0, 0.05) is 49.6 Å². The van der Waals surface area contributed by atoms with Crippen molar-refractivity contribution in [2.45, 2.75) is 60.0 Å². The molecule has 3 rings (SSSR count). The number of nitrogens with zero attached hydrogens (tertiary/aromatic N) is 6. The van der Waals surface area contributed by atoms with Crippen molar-refractivity contribution in [3.8, 4) is 0 Å². The molecule has 28 heavy (non-hydrogen) atoms. The van der Waals surface area contributed by atoms with E-state index in [-0.39, 0.29) is 5.91 Å². The van der Waals surface area contributed by atoms with Crippen LogP contribution in [0.1, 0.15) is 55.0 Å². The van der Waals surface area contributed by atoms with Crippen LogP contribution in [0.5, 0.6) is 0 Å². The Hall–Kier alpha value is -2.28. The van der Waals surface area contributed by atoms with Gasteiger partial charge in [-0.2, -0.15) is 5.10 Å². The summed E-state index contributed by atoms with van der Waals surface area (Å²) in [7, 11) is 4.00. The van der Waals surface area contributed by atoms with Crippen molar-refractivity contribution in [1.82, 2.24) is 24.6 Å². The minimum atomic E-state index is 0.177. The minimum Gasteiger partial charge on any atom is -0.296 e. The number of anilines is 1. The van der Waals surface area contributed by atoms with E-state index in [0.717, 1.165) is 54.5 Å². The summed E-state index contributed by atoms with van der Waals surface area (Å²) in [6, 6.07) is 0. The maximum absolute atomic E-state index is 12.5. The zero-order valence-corrected chi connectivity index (χ0v) is 18.0. The van der Waals surface area contributed by atoms with Crippen LogP contribution in [0.2, 0.25) is 0 Å². The van der Waals surface area contributed by atoms with Gasteiger partial charge in [0.15, 0.2) is 0 Å². The maximum Gasteiger partial charge on any atom is 0.228 e. The highest BCUT2D eigenvalue weighted by Crippen LogP contribution is 2.28. The zero-order chi connectivity index (χ0) is 20.4. The third-order valence-corrected chi connectivity index (χ3v) is 5.28. The predicted octanol–water partition coefficient (Wildman–Crippen LogP) is 2.78. The van der Waals surface area contributed by atoms with Gasteiger partial charge in [-0.1, -0.05) is 13.8 Å². The van der Waals surface area contributed by atoms with Gasteiger partial charge in [-0.05, 0) is 39.7 Å².